The van der Waals surface area contributed by atoms with E-state index in [-0.39, 0.29) is 10.6 Å². The van der Waals surface area contributed by atoms with Crippen molar-refractivity contribution in [3.05, 3.63) is 96.2 Å². The molecule has 0 aliphatic carbocycles. The van der Waals surface area contributed by atoms with E-state index in [1.165, 1.54) is 12.1 Å². The summed E-state index contributed by atoms with van der Waals surface area (Å²) in [7, 11) is -3.94. The summed E-state index contributed by atoms with van der Waals surface area (Å²) in [6, 6.07) is 24.4. The Hall–Kier alpha value is -2.90. The van der Waals surface area contributed by atoms with Gasteiger partial charge in [0, 0.05) is 5.39 Å². The summed E-state index contributed by atoms with van der Waals surface area (Å²) in [5.41, 5.74) is 1.46. The summed E-state index contributed by atoms with van der Waals surface area (Å²) in [6.07, 6.45) is 0. The smallest absolute Gasteiger partial charge is 0.268 e. The van der Waals surface area contributed by atoms with Gasteiger partial charge in [0.2, 0.25) is 4.69 Å². The van der Waals surface area contributed by atoms with Gasteiger partial charge in [-0.25, -0.2) is 12.4 Å². The van der Waals surface area contributed by atoms with Crippen LogP contribution in [0, 0.1) is 0 Å². The van der Waals surface area contributed by atoms with Gasteiger partial charge in [-0.3, -0.25) is 4.79 Å². The Morgan fingerprint density at radius 3 is 2.21 bits per heavy atom. The van der Waals surface area contributed by atoms with E-state index in [9.17, 15) is 13.2 Å². The average molecular weight is 470 g/mol. The highest BCUT2D eigenvalue weighted by atomic mass is 79.9. The van der Waals surface area contributed by atoms with Crippen LogP contribution >= 0.6 is 15.9 Å². The molecule has 0 unspecified atom stereocenters. The Balaban J connectivity index is 1.77. The third kappa shape index (κ3) is 3.83. The number of fused-ring (bicyclic) bond motifs is 1. The standard InChI is InChI=1S/C22H16BrNO4S/c23-22(25)21-14-17-13-18(28-15-16-7-3-1-4-8-16)11-12-20(17)24(21)29(26,27)19-9-5-2-6-10-19/h1-14H,15H2. The zero-order valence-electron chi connectivity index (χ0n) is 15.2. The summed E-state index contributed by atoms with van der Waals surface area (Å²) in [5.74, 6) is 0.587. The van der Waals surface area contributed by atoms with Crippen LogP contribution in [0.2, 0.25) is 0 Å². The van der Waals surface area contributed by atoms with Crippen molar-refractivity contribution in [3.63, 3.8) is 0 Å². The summed E-state index contributed by atoms with van der Waals surface area (Å²) in [6.45, 7) is 0.388. The molecule has 0 amide bonds. The lowest BCUT2D eigenvalue weighted by molar-refractivity contribution is 0.109. The fourth-order valence-electron chi connectivity index (χ4n) is 3.09. The van der Waals surface area contributed by atoms with Crippen molar-refractivity contribution < 1.29 is 17.9 Å². The van der Waals surface area contributed by atoms with Crippen molar-refractivity contribution in [3.8, 4) is 5.75 Å². The van der Waals surface area contributed by atoms with E-state index in [0.29, 0.717) is 23.3 Å². The highest BCUT2D eigenvalue weighted by Gasteiger charge is 2.25. The first kappa shape index (κ1) is 19.4. The van der Waals surface area contributed by atoms with Gasteiger partial charge in [-0.15, -0.1) is 0 Å². The molecule has 0 bridgehead atoms. The van der Waals surface area contributed by atoms with Gasteiger partial charge in [-0.1, -0.05) is 48.5 Å². The van der Waals surface area contributed by atoms with Crippen LogP contribution in [0.25, 0.3) is 10.9 Å². The number of hydrogen-bond donors (Lipinski definition) is 0. The molecule has 0 aliphatic heterocycles. The second-order valence-electron chi connectivity index (χ2n) is 6.38. The van der Waals surface area contributed by atoms with E-state index < -0.39 is 14.7 Å². The van der Waals surface area contributed by atoms with Gasteiger partial charge in [0.25, 0.3) is 10.0 Å². The SMILES string of the molecule is O=C(Br)c1cc2cc(OCc3ccccc3)ccc2n1S(=O)(=O)c1ccccc1. The molecule has 0 aliphatic rings. The molecule has 7 heteroatoms. The monoisotopic (exact) mass is 469 g/mol. The van der Waals surface area contributed by atoms with Crippen LogP contribution in [-0.2, 0) is 16.6 Å². The van der Waals surface area contributed by atoms with Gasteiger partial charge in [0.15, 0.2) is 0 Å². The number of hydrogen-bond acceptors (Lipinski definition) is 4. The molecule has 29 heavy (non-hydrogen) atoms. The molecule has 0 spiro atoms. The first-order valence-electron chi connectivity index (χ1n) is 8.79. The molecular weight excluding hydrogens is 454 g/mol. The maximum Gasteiger partial charge on any atom is 0.268 e. The van der Waals surface area contributed by atoms with Gasteiger partial charge in [-0.05, 0) is 57.9 Å². The van der Waals surface area contributed by atoms with E-state index in [2.05, 4.69) is 15.9 Å². The molecule has 0 atom stereocenters. The normalized spacial score (nSPS) is 11.5. The molecule has 4 aromatic rings. The third-order valence-electron chi connectivity index (χ3n) is 4.46. The van der Waals surface area contributed by atoms with Crippen LogP contribution in [0.3, 0.4) is 0 Å². The third-order valence-corrected chi connectivity index (χ3v) is 6.61. The number of aromatic nitrogens is 1. The molecule has 0 radical (unpaired) electrons. The molecular formula is C22H16BrNO4S. The minimum absolute atomic E-state index is 0.0315. The zero-order valence-corrected chi connectivity index (χ0v) is 17.6. The maximum absolute atomic E-state index is 13.2. The highest BCUT2D eigenvalue weighted by molar-refractivity contribution is 9.18. The Labute approximate surface area is 176 Å². The number of halogens is 1. The molecule has 0 fully saturated rings. The minimum Gasteiger partial charge on any atom is -0.489 e. The number of carbonyl (C=O) groups is 1. The van der Waals surface area contributed by atoms with Gasteiger partial charge in [0.05, 0.1) is 10.4 Å². The fourth-order valence-corrected chi connectivity index (χ4v) is 5.03. The fraction of sp³-hybridized carbons (Fsp3) is 0.0455. The van der Waals surface area contributed by atoms with Crippen molar-refractivity contribution in [1.29, 1.82) is 0 Å². The predicted octanol–water partition coefficient (Wildman–Crippen LogP) is 4.99. The van der Waals surface area contributed by atoms with E-state index in [0.717, 1.165) is 9.54 Å². The molecule has 3 aromatic carbocycles. The molecule has 1 aromatic heterocycles. The Bertz CT molecular complexity index is 1280. The van der Waals surface area contributed by atoms with Crippen molar-refractivity contribution in [1.82, 2.24) is 3.97 Å². The van der Waals surface area contributed by atoms with Crippen LogP contribution in [0.15, 0.2) is 89.8 Å². The molecule has 4 rings (SSSR count). The van der Waals surface area contributed by atoms with Crippen molar-refractivity contribution in [2.24, 2.45) is 0 Å². The van der Waals surface area contributed by atoms with Gasteiger partial charge in [-0.2, -0.15) is 0 Å². The minimum atomic E-state index is -3.94. The predicted molar refractivity (Wildman–Crippen MR) is 115 cm³/mol. The number of nitrogens with zero attached hydrogens (tertiary/aromatic N) is 1. The van der Waals surface area contributed by atoms with E-state index in [1.54, 1.807) is 42.5 Å². The van der Waals surface area contributed by atoms with Gasteiger partial charge >= 0.3 is 0 Å². The molecule has 0 saturated carbocycles. The van der Waals surface area contributed by atoms with Crippen LogP contribution in [0.4, 0.5) is 0 Å². The van der Waals surface area contributed by atoms with Crippen molar-refractivity contribution in [2.75, 3.05) is 0 Å². The first-order chi connectivity index (χ1) is 14.0. The van der Waals surface area contributed by atoms with E-state index in [4.69, 9.17) is 4.74 Å². The Morgan fingerprint density at radius 2 is 1.55 bits per heavy atom. The molecule has 0 N–H and O–H groups in total. The lowest BCUT2D eigenvalue weighted by atomic mass is 10.2. The van der Waals surface area contributed by atoms with E-state index in [1.807, 2.05) is 30.3 Å². The molecule has 146 valence electrons. The summed E-state index contributed by atoms with van der Waals surface area (Å²) in [4.78, 5) is 12.2. The number of ether oxygens (including phenoxy) is 1. The topological polar surface area (TPSA) is 65.4 Å². The van der Waals surface area contributed by atoms with Crippen LogP contribution < -0.4 is 4.74 Å². The maximum atomic E-state index is 13.2. The lowest BCUT2D eigenvalue weighted by Crippen LogP contribution is -2.16. The van der Waals surface area contributed by atoms with Gasteiger partial charge < -0.3 is 4.74 Å². The molecule has 0 saturated heterocycles. The molecule has 1 heterocycles. The zero-order chi connectivity index (χ0) is 20.4. The van der Waals surface area contributed by atoms with Crippen LogP contribution in [0.1, 0.15) is 16.1 Å². The number of carbonyl (C=O) groups excluding carboxylic acids is 1. The van der Waals surface area contributed by atoms with Gasteiger partial charge in [0.1, 0.15) is 18.1 Å². The number of benzene rings is 3. The quantitative estimate of drug-likeness (QED) is 0.373. The summed E-state index contributed by atoms with van der Waals surface area (Å²) >= 11 is 2.90. The average Bonchev–Trinajstić information content (AvgIpc) is 3.14. The lowest BCUT2D eigenvalue weighted by Gasteiger charge is -2.11. The van der Waals surface area contributed by atoms with Crippen LogP contribution in [0.5, 0.6) is 5.75 Å². The van der Waals surface area contributed by atoms with Crippen LogP contribution in [-0.4, -0.2) is 17.1 Å². The second-order valence-corrected chi connectivity index (χ2v) is 8.89. The highest BCUT2D eigenvalue weighted by Crippen LogP contribution is 2.30. The largest absolute Gasteiger partial charge is 0.489 e. The summed E-state index contributed by atoms with van der Waals surface area (Å²) < 4.78 is 32.8. The Morgan fingerprint density at radius 1 is 0.897 bits per heavy atom. The first-order valence-corrected chi connectivity index (χ1v) is 11.0. The number of rotatable bonds is 6. The molecule has 5 nitrogen and oxygen atoms in total. The van der Waals surface area contributed by atoms with Crippen molar-refractivity contribution >= 4 is 41.5 Å². The summed E-state index contributed by atoms with van der Waals surface area (Å²) in [5, 5.41) is 0.595. The Kier molecular flexibility index (Phi) is 5.25. The van der Waals surface area contributed by atoms with E-state index >= 15 is 0 Å². The second kappa shape index (κ2) is 7.85. The van der Waals surface area contributed by atoms with Crippen molar-refractivity contribution in [2.45, 2.75) is 11.5 Å².